The lowest BCUT2D eigenvalue weighted by Gasteiger charge is -2.13. The number of anilines is 2. The van der Waals surface area contributed by atoms with E-state index in [9.17, 15) is 0 Å². The highest BCUT2D eigenvalue weighted by atomic mass is 32.1. The van der Waals surface area contributed by atoms with E-state index in [-0.39, 0.29) is 0 Å². The summed E-state index contributed by atoms with van der Waals surface area (Å²) in [5.74, 6) is 0.747. The number of nitrogens with one attached hydrogen (secondary N) is 2. The van der Waals surface area contributed by atoms with Crippen LogP contribution in [0.3, 0.4) is 0 Å². The van der Waals surface area contributed by atoms with Crippen LogP contribution in [0, 0.1) is 13.8 Å². The van der Waals surface area contributed by atoms with Crippen LogP contribution in [-0.4, -0.2) is 22.0 Å². The van der Waals surface area contributed by atoms with Crippen molar-refractivity contribution in [2.45, 2.75) is 13.8 Å². The van der Waals surface area contributed by atoms with Crippen molar-refractivity contribution in [2.24, 2.45) is 7.05 Å². The second kappa shape index (κ2) is 5.92. The lowest BCUT2D eigenvalue weighted by Crippen LogP contribution is -2.20. The van der Waals surface area contributed by atoms with Crippen molar-refractivity contribution in [3.63, 3.8) is 0 Å². The molecule has 0 radical (unpaired) electrons. The number of hydrogen-bond donors (Lipinski definition) is 2. The molecule has 0 aliphatic carbocycles. The summed E-state index contributed by atoms with van der Waals surface area (Å²) in [6.07, 6.45) is 0. The van der Waals surface area contributed by atoms with Crippen LogP contribution in [-0.2, 0) is 7.05 Å². The maximum absolute atomic E-state index is 5.34. The Morgan fingerprint density at radius 2 is 1.95 bits per heavy atom. The second-order valence-electron chi connectivity index (χ2n) is 4.45. The fourth-order valence-electron chi connectivity index (χ4n) is 1.97. The topological polar surface area (TPSA) is 51.1 Å². The number of hydrogen-bond acceptors (Lipinski definition) is 3. The molecule has 0 aliphatic rings. The van der Waals surface area contributed by atoms with Gasteiger partial charge in [-0.05, 0) is 38.2 Å². The molecular weight excluding hydrogens is 272 g/mol. The molecule has 0 spiro atoms. The van der Waals surface area contributed by atoms with Crippen molar-refractivity contribution < 1.29 is 4.74 Å². The molecule has 0 saturated heterocycles. The van der Waals surface area contributed by atoms with Crippen LogP contribution in [0.2, 0.25) is 0 Å². The third-order valence-corrected chi connectivity index (χ3v) is 3.31. The highest BCUT2D eigenvalue weighted by Gasteiger charge is 2.11. The van der Waals surface area contributed by atoms with E-state index in [1.54, 1.807) is 7.11 Å². The van der Waals surface area contributed by atoms with Gasteiger partial charge in [-0.25, -0.2) is 0 Å². The second-order valence-corrected chi connectivity index (χ2v) is 4.86. The molecule has 0 aliphatic heterocycles. The summed E-state index contributed by atoms with van der Waals surface area (Å²) in [5.41, 5.74) is 3.70. The molecule has 6 heteroatoms. The monoisotopic (exact) mass is 290 g/mol. The molecule has 2 aromatic rings. The maximum atomic E-state index is 5.34. The average molecular weight is 290 g/mol. The van der Waals surface area contributed by atoms with E-state index in [1.807, 2.05) is 49.8 Å². The molecule has 0 saturated carbocycles. The van der Waals surface area contributed by atoms with Gasteiger partial charge in [-0.15, -0.1) is 0 Å². The first-order valence-corrected chi connectivity index (χ1v) is 6.65. The first-order chi connectivity index (χ1) is 9.52. The number of benzene rings is 1. The molecule has 20 heavy (non-hydrogen) atoms. The van der Waals surface area contributed by atoms with Gasteiger partial charge in [-0.1, -0.05) is 12.1 Å². The summed E-state index contributed by atoms with van der Waals surface area (Å²) in [7, 11) is 3.54. The zero-order valence-corrected chi connectivity index (χ0v) is 12.8. The maximum Gasteiger partial charge on any atom is 0.175 e. The van der Waals surface area contributed by atoms with Gasteiger partial charge < -0.3 is 15.4 Å². The Labute approximate surface area is 123 Å². The minimum absolute atomic E-state index is 0.508. The molecule has 0 bridgehead atoms. The van der Waals surface area contributed by atoms with Crippen LogP contribution in [0.15, 0.2) is 24.3 Å². The van der Waals surface area contributed by atoms with Crippen molar-refractivity contribution in [2.75, 3.05) is 17.7 Å². The van der Waals surface area contributed by atoms with E-state index >= 15 is 0 Å². The summed E-state index contributed by atoms with van der Waals surface area (Å²) in [6.45, 7) is 3.94. The number of methoxy groups -OCH3 is 1. The summed E-state index contributed by atoms with van der Waals surface area (Å²) < 4.78 is 7.10. The SMILES string of the molecule is COc1ccccc1NC(=S)Nc1c(C)nn(C)c1C. The Morgan fingerprint density at radius 3 is 2.55 bits per heavy atom. The fourth-order valence-corrected chi connectivity index (χ4v) is 2.18. The fraction of sp³-hybridized carbons (Fsp3) is 0.286. The van der Waals surface area contributed by atoms with Crippen molar-refractivity contribution >= 4 is 28.7 Å². The first-order valence-electron chi connectivity index (χ1n) is 6.24. The normalized spacial score (nSPS) is 10.2. The predicted molar refractivity (Wildman–Crippen MR) is 85.5 cm³/mol. The van der Waals surface area contributed by atoms with E-state index in [0.717, 1.165) is 28.5 Å². The summed E-state index contributed by atoms with van der Waals surface area (Å²) in [6, 6.07) is 7.63. The quantitative estimate of drug-likeness (QED) is 0.851. The third kappa shape index (κ3) is 2.91. The number of aromatic nitrogens is 2. The molecule has 0 atom stereocenters. The number of ether oxygens (including phenoxy) is 1. The smallest absolute Gasteiger partial charge is 0.175 e. The Balaban J connectivity index is 2.13. The number of aryl methyl sites for hydroxylation is 2. The van der Waals surface area contributed by atoms with Crippen molar-refractivity contribution in [1.82, 2.24) is 9.78 Å². The Hall–Kier alpha value is -2.08. The van der Waals surface area contributed by atoms with Gasteiger partial charge in [0.05, 0.1) is 29.9 Å². The van der Waals surface area contributed by atoms with Crippen LogP contribution in [0.1, 0.15) is 11.4 Å². The summed E-state index contributed by atoms with van der Waals surface area (Å²) in [5, 5.41) is 11.2. The molecule has 5 nitrogen and oxygen atoms in total. The Morgan fingerprint density at radius 1 is 1.25 bits per heavy atom. The van der Waals surface area contributed by atoms with Gasteiger partial charge in [-0.3, -0.25) is 4.68 Å². The zero-order valence-electron chi connectivity index (χ0n) is 12.0. The molecule has 1 aromatic carbocycles. The van der Waals surface area contributed by atoms with Crippen LogP contribution < -0.4 is 15.4 Å². The first kappa shape index (κ1) is 14.3. The van der Waals surface area contributed by atoms with Crippen LogP contribution in [0.4, 0.5) is 11.4 Å². The molecule has 1 aromatic heterocycles. The summed E-state index contributed by atoms with van der Waals surface area (Å²) in [4.78, 5) is 0. The molecular formula is C14H18N4OS. The van der Waals surface area contributed by atoms with Crippen LogP contribution >= 0.6 is 12.2 Å². The molecule has 2 N–H and O–H groups in total. The molecule has 0 unspecified atom stereocenters. The Kier molecular flexibility index (Phi) is 4.24. The zero-order chi connectivity index (χ0) is 14.7. The van der Waals surface area contributed by atoms with Gasteiger partial charge in [-0.2, -0.15) is 5.10 Å². The van der Waals surface area contributed by atoms with E-state index in [0.29, 0.717) is 5.11 Å². The molecule has 2 rings (SSSR count). The number of nitrogens with zero attached hydrogens (tertiary/aromatic N) is 2. The van der Waals surface area contributed by atoms with Gasteiger partial charge in [0.2, 0.25) is 0 Å². The third-order valence-electron chi connectivity index (χ3n) is 3.10. The summed E-state index contributed by atoms with van der Waals surface area (Å²) >= 11 is 5.34. The Bertz CT molecular complexity index is 636. The molecule has 1 heterocycles. The number of para-hydroxylation sites is 2. The van der Waals surface area contributed by atoms with Gasteiger partial charge in [0.15, 0.2) is 5.11 Å². The van der Waals surface area contributed by atoms with Crippen molar-refractivity contribution in [3.8, 4) is 5.75 Å². The molecule has 0 amide bonds. The van der Waals surface area contributed by atoms with E-state index in [1.165, 1.54) is 0 Å². The van der Waals surface area contributed by atoms with Gasteiger partial charge in [0.25, 0.3) is 0 Å². The highest BCUT2D eigenvalue weighted by molar-refractivity contribution is 7.80. The standard InChI is InChI=1S/C14H18N4OS/c1-9-13(10(2)18(3)17-9)16-14(20)15-11-7-5-6-8-12(11)19-4/h5-8H,1-4H3,(H2,15,16,20). The van der Waals surface area contributed by atoms with Crippen LogP contribution in [0.25, 0.3) is 0 Å². The van der Waals surface area contributed by atoms with Gasteiger partial charge >= 0.3 is 0 Å². The molecule has 106 valence electrons. The largest absolute Gasteiger partial charge is 0.495 e. The number of thiocarbonyl (C=S) groups is 1. The van der Waals surface area contributed by atoms with E-state index in [4.69, 9.17) is 17.0 Å². The van der Waals surface area contributed by atoms with Crippen LogP contribution in [0.5, 0.6) is 5.75 Å². The molecule has 0 fully saturated rings. The predicted octanol–water partition coefficient (Wildman–Crippen LogP) is 2.85. The van der Waals surface area contributed by atoms with E-state index in [2.05, 4.69) is 15.7 Å². The highest BCUT2D eigenvalue weighted by Crippen LogP contribution is 2.24. The van der Waals surface area contributed by atoms with E-state index < -0.39 is 0 Å². The lowest BCUT2D eigenvalue weighted by molar-refractivity contribution is 0.417. The average Bonchev–Trinajstić information content (AvgIpc) is 2.66. The van der Waals surface area contributed by atoms with Crippen molar-refractivity contribution in [1.29, 1.82) is 0 Å². The minimum atomic E-state index is 0.508. The lowest BCUT2D eigenvalue weighted by atomic mass is 10.3. The van der Waals surface area contributed by atoms with Crippen molar-refractivity contribution in [3.05, 3.63) is 35.7 Å². The minimum Gasteiger partial charge on any atom is -0.495 e. The van der Waals surface area contributed by atoms with Gasteiger partial charge in [0.1, 0.15) is 5.75 Å². The number of rotatable bonds is 3. The van der Waals surface area contributed by atoms with Gasteiger partial charge in [0, 0.05) is 7.05 Å².